The van der Waals surface area contributed by atoms with Crippen LogP contribution in [-0.4, -0.2) is 165 Å². The van der Waals surface area contributed by atoms with Crippen molar-refractivity contribution in [1.29, 1.82) is 0 Å². The standard InChI is InChI=1S/C67H85N13O14/c1-37(2)29-47-59(86)78-53(32-41-23-25-43(81)26-24-41)67(94)80-28-14-22-54(80)65(92)77-49(31-40-17-9-6-10-18-40)61(88)73-48(30-39-15-7-5-8-16-39)60(87)75-51(34-55(69)82)62(89)76-52(35-56(83)84)63(90)74-50(33-42-36-70-45-20-12-11-19-44(42)45)64(91)79-57(38(3)4)66(93)71-46(21-13-27-68)58(85)72-47/h5-12,15-20,23-26,36-38,46-54,57,70,81H,13-14,21-22,27-35,68H2,1-4H3,(H2,69,82)(H,71,93)(H,72,85)(H,73,88)(H,74,90)(H,75,87)(H,76,89)(H,77,92)(H,78,86)(H,79,91)(H,83,84)/t46-,47-,48-,49-,50-,51-,52-,53-,54-,57-/m0/s1. The number of benzene rings is 4. The lowest BCUT2D eigenvalue weighted by molar-refractivity contribution is -0.142. The fourth-order valence-electron chi connectivity index (χ4n) is 11.5. The third-order valence-corrected chi connectivity index (χ3v) is 16.4. The summed E-state index contributed by atoms with van der Waals surface area (Å²) in [4.78, 5) is 177. The lowest BCUT2D eigenvalue weighted by Crippen LogP contribution is -2.62. The molecule has 0 bridgehead atoms. The molecule has 0 spiro atoms. The molecule has 4 aromatic carbocycles. The second-order valence-electron chi connectivity index (χ2n) is 24.6. The Morgan fingerprint density at radius 3 is 1.54 bits per heavy atom. The zero-order valence-electron chi connectivity index (χ0n) is 53.0. The Balaban J connectivity index is 1.32. The predicted molar refractivity (Wildman–Crippen MR) is 345 cm³/mol. The van der Waals surface area contributed by atoms with Crippen LogP contribution in [0.5, 0.6) is 5.75 Å². The fourth-order valence-corrected chi connectivity index (χ4v) is 11.5. The summed E-state index contributed by atoms with van der Waals surface area (Å²) in [6.45, 7) is 6.93. The molecule has 0 radical (unpaired) electrons. The molecule has 0 unspecified atom stereocenters. The third kappa shape index (κ3) is 20.4. The number of carboxylic acids is 1. The maximum Gasteiger partial charge on any atom is 0.305 e. The molecule has 3 heterocycles. The van der Waals surface area contributed by atoms with Crippen LogP contribution >= 0.6 is 0 Å². The molecular formula is C67H85N13O14. The first-order valence-corrected chi connectivity index (χ1v) is 31.5. The molecule has 27 heteroatoms. The highest BCUT2D eigenvalue weighted by atomic mass is 16.4. The number of hydrogen-bond acceptors (Lipinski definition) is 14. The Kier molecular flexibility index (Phi) is 25.7. The number of nitrogens with one attached hydrogen (secondary N) is 10. The van der Waals surface area contributed by atoms with E-state index in [0.717, 1.165) is 0 Å². The molecule has 2 fully saturated rings. The quantitative estimate of drug-likeness (QED) is 0.0561. The van der Waals surface area contributed by atoms with Crippen LogP contribution in [0.2, 0.25) is 0 Å². The molecule has 94 heavy (non-hydrogen) atoms. The topological polar surface area (TPSA) is 425 Å². The lowest BCUT2D eigenvalue weighted by Gasteiger charge is -2.32. The zero-order chi connectivity index (χ0) is 68.2. The van der Waals surface area contributed by atoms with Crippen molar-refractivity contribution in [1.82, 2.24) is 57.7 Å². The van der Waals surface area contributed by atoms with E-state index in [4.69, 9.17) is 11.5 Å². The molecule has 502 valence electrons. The number of carbonyl (C=O) groups is 12. The van der Waals surface area contributed by atoms with E-state index in [-0.39, 0.29) is 76.1 Å². The number of primary amides is 1. The van der Waals surface area contributed by atoms with Crippen LogP contribution in [0, 0.1) is 11.8 Å². The Hall–Kier alpha value is -10.2. The summed E-state index contributed by atoms with van der Waals surface area (Å²) in [7, 11) is 0. The molecule has 5 aromatic rings. The Morgan fingerprint density at radius 2 is 0.979 bits per heavy atom. The summed E-state index contributed by atoms with van der Waals surface area (Å²) in [5.74, 6) is -13.1. The number of aromatic nitrogens is 1. The highest BCUT2D eigenvalue weighted by Gasteiger charge is 2.42. The highest BCUT2D eigenvalue weighted by Crippen LogP contribution is 2.23. The number of aliphatic carboxylic acids is 1. The van der Waals surface area contributed by atoms with Crippen molar-refractivity contribution < 1.29 is 67.7 Å². The third-order valence-electron chi connectivity index (χ3n) is 16.4. The van der Waals surface area contributed by atoms with Gasteiger partial charge in [-0.25, -0.2) is 0 Å². The van der Waals surface area contributed by atoms with Crippen LogP contribution in [0.3, 0.4) is 0 Å². The number of nitrogens with two attached hydrogens (primary N) is 2. The van der Waals surface area contributed by atoms with Gasteiger partial charge >= 0.3 is 5.97 Å². The van der Waals surface area contributed by atoms with Crippen LogP contribution < -0.4 is 59.3 Å². The van der Waals surface area contributed by atoms with E-state index in [1.54, 1.807) is 131 Å². The van der Waals surface area contributed by atoms with Crippen LogP contribution in [0.1, 0.15) is 94.9 Å². The molecule has 0 saturated carbocycles. The van der Waals surface area contributed by atoms with Crippen molar-refractivity contribution in [2.75, 3.05) is 13.1 Å². The van der Waals surface area contributed by atoms with E-state index >= 15 is 4.79 Å². The fraction of sp³-hybridized carbons (Fsp3) is 0.433. The molecular weight excluding hydrogens is 1210 g/mol. The first-order valence-electron chi connectivity index (χ1n) is 31.5. The van der Waals surface area contributed by atoms with Crippen molar-refractivity contribution >= 4 is 81.9 Å². The smallest absolute Gasteiger partial charge is 0.305 e. The summed E-state index contributed by atoms with van der Waals surface area (Å²) in [5.41, 5.74) is 14.3. The largest absolute Gasteiger partial charge is 0.508 e. The van der Waals surface area contributed by atoms with Gasteiger partial charge in [0.2, 0.25) is 65.0 Å². The average molecular weight is 1300 g/mol. The highest BCUT2D eigenvalue weighted by molar-refractivity contribution is 6.01. The van der Waals surface area contributed by atoms with E-state index in [0.29, 0.717) is 39.6 Å². The van der Waals surface area contributed by atoms with Gasteiger partial charge in [-0.2, -0.15) is 0 Å². The minimum atomic E-state index is -2.01. The van der Waals surface area contributed by atoms with Gasteiger partial charge in [-0.3, -0.25) is 57.5 Å². The van der Waals surface area contributed by atoms with Gasteiger partial charge in [0.15, 0.2) is 0 Å². The number of rotatable bonds is 18. The molecule has 16 N–H and O–H groups in total. The molecule has 11 amide bonds. The minimum absolute atomic E-state index is 0.0297. The van der Waals surface area contributed by atoms with Gasteiger partial charge in [-0.05, 0) is 90.9 Å². The maximum atomic E-state index is 15.2. The average Bonchev–Trinajstić information content (AvgIpc) is 1.60. The Bertz CT molecular complexity index is 3510. The number of amides is 11. The summed E-state index contributed by atoms with van der Waals surface area (Å²) in [6, 6.07) is 14.5. The first kappa shape index (κ1) is 71.3. The summed E-state index contributed by atoms with van der Waals surface area (Å²) in [5, 5.41) is 44.9. The van der Waals surface area contributed by atoms with Gasteiger partial charge in [-0.15, -0.1) is 0 Å². The summed E-state index contributed by atoms with van der Waals surface area (Å²) in [6.07, 6.45) is -0.659. The van der Waals surface area contributed by atoms with Gasteiger partial charge in [-0.1, -0.05) is 119 Å². The van der Waals surface area contributed by atoms with Crippen molar-refractivity contribution in [2.45, 2.75) is 159 Å². The minimum Gasteiger partial charge on any atom is -0.508 e. The van der Waals surface area contributed by atoms with E-state index in [1.165, 1.54) is 17.0 Å². The maximum absolute atomic E-state index is 15.2. The number of phenols is 1. The molecule has 1 aromatic heterocycles. The summed E-state index contributed by atoms with van der Waals surface area (Å²) < 4.78 is 0. The Labute approximate surface area is 543 Å². The number of carbonyl (C=O) groups excluding carboxylic acids is 11. The number of hydrogen-bond donors (Lipinski definition) is 14. The van der Waals surface area contributed by atoms with Crippen molar-refractivity contribution in [3.05, 3.63) is 138 Å². The normalized spacial score (nSPS) is 23.8. The molecule has 0 aliphatic carbocycles. The second-order valence-corrected chi connectivity index (χ2v) is 24.6. The van der Waals surface area contributed by atoms with Crippen molar-refractivity contribution in [3.63, 3.8) is 0 Å². The van der Waals surface area contributed by atoms with E-state index in [1.807, 2.05) is 0 Å². The van der Waals surface area contributed by atoms with Gasteiger partial charge in [0.1, 0.15) is 66.2 Å². The van der Waals surface area contributed by atoms with E-state index < -0.39 is 150 Å². The Morgan fingerprint density at radius 1 is 0.521 bits per heavy atom. The number of carboxylic acid groups (broad SMARTS) is 1. The lowest BCUT2D eigenvalue weighted by atomic mass is 9.98. The van der Waals surface area contributed by atoms with E-state index in [9.17, 15) is 63.0 Å². The van der Waals surface area contributed by atoms with Crippen LogP contribution in [0.4, 0.5) is 0 Å². The summed E-state index contributed by atoms with van der Waals surface area (Å²) >= 11 is 0. The number of aromatic hydroxyl groups is 1. The number of fused-ring (bicyclic) bond motifs is 2. The van der Waals surface area contributed by atoms with E-state index in [2.05, 4.69) is 52.8 Å². The molecule has 10 atom stereocenters. The SMILES string of the molecule is CC(C)C[C@@H]1NC(=O)[C@H](CCCN)NC(=O)[C@H](C(C)C)NC(=O)[C@H](Cc2c[nH]c3ccccc23)NC(=O)[C@H](CC(=O)O)NC(=O)[C@H](CC(N)=O)NC(=O)[C@H](Cc2ccccc2)NC(=O)[C@H](Cc2ccccc2)NC(=O)[C@@H]2CCCN2C(=O)[C@H](Cc2ccc(O)cc2)NC1=O. The second kappa shape index (κ2) is 33.9. The van der Waals surface area contributed by atoms with Crippen molar-refractivity contribution in [2.24, 2.45) is 23.3 Å². The van der Waals surface area contributed by atoms with Gasteiger partial charge in [0.25, 0.3) is 0 Å². The monoisotopic (exact) mass is 1300 g/mol. The van der Waals surface area contributed by atoms with Crippen molar-refractivity contribution in [3.8, 4) is 5.75 Å². The number of para-hydroxylation sites is 1. The molecule has 2 saturated heterocycles. The number of phenolic OH excluding ortho intramolecular Hbond substituents is 1. The first-order chi connectivity index (χ1) is 44.9. The molecule has 2 aliphatic rings. The van der Waals surface area contributed by atoms with Crippen LogP contribution in [0.15, 0.2) is 115 Å². The van der Waals surface area contributed by atoms with Gasteiger partial charge in [0, 0.05) is 49.3 Å². The predicted octanol–water partition coefficient (Wildman–Crippen LogP) is 0.303. The number of nitrogens with zero attached hydrogens (tertiary/aromatic N) is 1. The number of H-pyrrole nitrogens is 1. The van der Waals surface area contributed by atoms with Crippen LogP contribution in [0.25, 0.3) is 10.9 Å². The van der Waals surface area contributed by atoms with Crippen LogP contribution in [-0.2, 0) is 83.2 Å². The number of aromatic amines is 1. The zero-order valence-corrected chi connectivity index (χ0v) is 53.0. The molecule has 2 aliphatic heterocycles. The molecule has 7 rings (SSSR count). The van der Waals surface area contributed by atoms with Gasteiger partial charge in [0.05, 0.1) is 12.8 Å². The van der Waals surface area contributed by atoms with Gasteiger partial charge < -0.3 is 79.4 Å². The molecule has 27 nitrogen and oxygen atoms in total.